The highest BCUT2D eigenvalue weighted by atomic mass is 16.3. The molecule has 0 unspecified atom stereocenters. The van der Waals surface area contributed by atoms with Crippen LogP contribution in [0.5, 0.6) is 5.75 Å². The maximum absolute atomic E-state index is 10.1. The van der Waals surface area contributed by atoms with Gasteiger partial charge in [0.05, 0.1) is 0 Å². The van der Waals surface area contributed by atoms with E-state index in [0.717, 1.165) is 18.4 Å². The van der Waals surface area contributed by atoms with Crippen molar-refractivity contribution in [3.8, 4) is 5.75 Å². The molecule has 0 radical (unpaired) electrons. The van der Waals surface area contributed by atoms with Gasteiger partial charge in [-0.3, -0.25) is 0 Å². The predicted octanol–water partition coefficient (Wildman–Crippen LogP) is 4.88. The van der Waals surface area contributed by atoms with Crippen LogP contribution in [-0.4, -0.2) is 5.11 Å². The van der Waals surface area contributed by atoms with Gasteiger partial charge < -0.3 is 5.11 Å². The third-order valence-corrected chi connectivity index (χ3v) is 3.82. The molecule has 0 heterocycles. The highest BCUT2D eigenvalue weighted by Gasteiger charge is 2.17. The molecule has 1 aliphatic rings. The Morgan fingerprint density at radius 2 is 1.32 bits per heavy atom. The number of aromatic hydroxyl groups is 1. The lowest BCUT2D eigenvalue weighted by molar-refractivity contribution is 0.473. The van der Waals surface area contributed by atoms with Crippen LogP contribution in [0.2, 0.25) is 0 Å². The van der Waals surface area contributed by atoms with E-state index in [4.69, 9.17) is 0 Å². The largest absolute Gasteiger partial charge is 0.507 e. The average molecular weight is 250 g/mol. The van der Waals surface area contributed by atoms with Crippen molar-refractivity contribution in [2.24, 2.45) is 0 Å². The summed E-state index contributed by atoms with van der Waals surface area (Å²) in [6.07, 6.45) is 4.61. The standard InChI is InChI=1S/C18H18O/c19-18-13-7-6-12-17(18)16-11-5-4-10-15(16)14-8-2-1-3-9-14/h1-3,6-9,12-13,19H,4-5,10-11H2. The van der Waals surface area contributed by atoms with Gasteiger partial charge in [-0.15, -0.1) is 0 Å². The minimum atomic E-state index is 0.396. The molecule has 1 aliphatic carbocycles. The van der Waals surface area contributed by atoms with E-state index < -0.39 is 0 Å². The Hall–Kier alpha value is -2.02. The number of para-hydroxylation sites is 1. The second-order valence-corrected chi connectivity index (χ2v) is 5.05. The zero-order valence-electron chi connectivity index (χ0n) is 11.0. The molecule has 0 bridgehead atoms. The summed E-state index contributed by atoms with van der Waals surface area (Å²) in [6.45, 7) is 0. The molecule has 0 fully saturated rings. The van der Waals surface area contributed by atoms with Crippen LogP contribution in [-0.2, 0) is 0 Å². The topological polar surface area (TPSA) is 20.2 Å². The molecule has 0 saturated carbocycles. The average Bonchev–Trinajstić information content (AvgIpc) is 2.49. The van der Waals surface area contributed by atoms with Gasteiger partial charge in [0, 0.05) is 5.56 Å². The first kappa shape index (κ1) is 12.0. The van der Waals surface area contributed by atoms with E-state index in [9.17, 15) is 5.11 Å². The summed E-state index contributed by atoms with van der Waals surface area (Å²) in [7, 11) is 0. The van der Waals surface area contributed by atoms with Crippen LogP contribution in [0.4, 0.5) is 0 Å². The molecule has 0 saturated heterocycles. The Morgan fingerprint density at radius 1 is 0.684 bits per heavy atom. The maximum Gasteiger partial charge on any atom is 0.123 e. The Kier molecular flexibility index (Phi) is 3.37. The van der Waals surface area contributed by atoms with E-state index in [2.05, 4.69) is 24.3 Å². The van der Waals surface area contributed by atoms with Gasteiger partial charge in [0.25, 0.3) is 0 Å². The van der Waals surface area contributed by atoms with Crippen LogP contribution in [0.3, 0.4) is 0 Å². The van der Waals surface area contributed by atoms with Gasteiger partial charge in [-0.1, -0.05) is 48.5 Å². The SMILES string of the molecule is Oc1ccccc1C1=C(c2ccccc2)CCCC1. The van der Waals surface area contributed by atoms with Crippen LogP contribution in [0.1, 0.15) is 36.8 Å². The molecular formula is C18H18O. The lowest BCUT2D eigenvalue weighted by Gasteiger charge is -2.21. The zero-order chi connectivity index (χ0) is 13.1. The van der Waals surface area contributed by atoms with Crippen molar-refractivity contribution >= 4 is 11.1 Å². The van der Waals surface area contributed by atoms with Crippen molar-refractivity contribution in [1.82, 2.24) is 0 Å². The number of hydrogen-bond acceptors (Lipinski definition) is 1. The molecule has 2 aromatic rings. The van der Waals surface area contributed by atoms with E-state index in [-0.39, 0.29) is 0 Å². The van der Waals surface area contributed by atoms with E-state index in [1.165, 1.54) is 29.6 Å². The van der Waals surface area contributed by atoms with Gasteiger partial charge >= 0.3 is 0 Å². The maximum atomic E-state index is 10.1. The highest BCUT2D eigenvalue weighted by molar-refractivity contribution is 5.93. The second-order valence-electron chi connectivity index (χ2n) is 5.05. The molecular weight excluding hydrogens is 232 g/mol. The Morgan fingerprint density at radius 3 is 2.05 bits per heavy atom. The van der Waals surface area contributed by atoms with Crippen LogP contribution in [0.15, 0.2) is 54.6 Å². The lowest BCUT2D eigenvalue weighted by atomic mass is 9.84. The molecule has 3 rings (SSSR count). The number of rotatable bonds is 2. The van der Waals surface area contributed by atoms with Gasteiger partial charge in [0.15, 0.2) is 0 Å². The monoisotopic (exact) mass is 250 g/mol. The van der Waals surface area contributed by atoms with Gasteiger partial charge in [0.1, 0.15) is 5.75 Å². The molecule has 0 aromatic heterocycles. The smallest absolute Gasteiger partial charge is 0.123 e. The number of hydrogen-bond donors (Lipinski definition) is 1. The first-order chi connectivity index (χ1) is 9.36. The van der Waals surface area contributed by atoms with Gasteiger partial charge in [-0.05, 0) is 48.5 Å². The molecule has 2 aromatic carbocycles. The van der Waals surface area contributed by atoms with Crippen molar-refractivity contribution in [3.63, 3.8) is 0 Å². The van der Waals surface area contributed by atoms with Gasteiger partial charge in [-0.2, -0.15) is 0 Å². The molecule has 0 spiro atoms. The van der Waals surface area contributed by atoms with E-state index in [0.29, 0.717) is 5.75 Å². The first-order valence-electron chi connectivity index (χ1n) is 6.92. The fraction of sp³-hybridized carbons (Fsp3) is 0.222. The third kappa shape index (κ3) is 2.41. The van der Waals surface area contributed by atoms with Gasteiger partial charge in [0.2, 0.25) is 0 Å². The Bertz CT molecular complexity index is 596. The minimum Gasteiger partial charge on any atom is -0.507 e. The van der Waals surface area contributed by atoms with Crippen molar-refractivity contribution in [1.29, 1.82) is 0 Å². The van der Waals surface area contributed by atoms with E-state index >= 15 is 0 Å². The number of allylic oxidation sites excluding steroid dienone is 2. The molecule has 96 valence electrons. The fourth-order valence-electron chi connectivity index (χ4n) is 2.89. The molecule has 0 aliphatic heterocycles. The summed E-state index contributed by atoms with van der Waals surface area (Å²) in [5.74, 6) is 0.396. The summed E-state index contributed by atoms with van der Waals surface area (Å²) < 4.78 is 0. The summed E-state index contributed by atoms with van der Waals surface area (Å²) in [4.78, 5) is 0. The minimum absolute atomic E-state index is 0.396. The number of phenolic OH excluding ortho intramolecular Hbond substituents is 1. The van der Waals surface area contributed by atoms with E-state index in [1.54, 1.807) is 6.07 Å². The van der Waals surface area contributed by atoms with Crippen molar-refractivity contribution in [3.05, 3.63) is 65.7 Å². The Balaban J connectivity index is 2.14. The summed E-state index contributed by atoms with van der Waals surface area (Å²) in [6, 6.07) is 18.2. The van der Waals surface area contributed by atoms with Crippen LogP contribution < -0.4 is 0 Å². The normalized spacial score (nSPS) is 15.6. The van der Waals surface area contributed by atoms with Crippen molar-refractivity contribution in [2.75, 3.05) is 0 Å². The zero-order valence-corrected chi connectivity index (χ0v) is 11.0. The second kappa shape index (κ2) is 5.31. The summed E-state index contributed by atoms with van der Waals surface area (Å²) in [5, 5.41) is 10.1. The summed E-state index contributed by atoms with van der Waals surface area (Å²) >= 11 is 0. The van der Waals surface area contributed by atoms with Crippen LogP contribution >= 0.6 is 0 Å². The highest BCUT2D eigenvalue weighted by Crippen LogP contribution is 2.40. The summed E-state index contributed by atoms with van der Waals surface area (Å²) in [5.41, 5.74) is 5.01. The molecule has 1 nitrogen and oxygen atoms in total. The molecule has 1 N–H and O–H groups in total. The van der Waals surface area contributed by atoms with Crippen molar-refractivity contribution in [2.45, 2.75) is 25.7 Å². The van der Waals surface area contributed by atoms with Crippen LogP contribution in [0, 0.1) is 0 Å². The molecule has 0 atom stereocenters. The van der Waals surface area contributed by atoms with Crippen LogP contribution in [0.25, 0.3) is 11.1 Å². The first-order valence-corrected chi connectivity index (χ1v) is 6.92. The van der Waals surface area contributed by atoms with Gasteiger partial charge in [-0.25, -0.2) is 0 Å². The quantitative estimate of drug-likeness (QED) is 0.805. The third-order valence-electron chi connectivity index (χ3n) is 3.82. The Labute approximate surface area is 114 Å². The van der Waals surface area contributed by atoms with E-state index in [1.807, 2.05) is 24.3 Å². The number of benzene rings is 2. The fourth-order valence-corrected chi connectivity index (χ4v) is 2.89. The molecule has 1 heteroatoms. The lowest BCUT2D eigenvalue weighted by Crippen LogP contribution is -1.99. The predicted molar refractivity (Wildman–Crippen MR) is 79.8 cm³/mol. The number of phenols is 1. The molecule has 0 amide bonds. The van der Waals surface area contributed by atoms with Crippen molar-refractivity contribution < 1.29 is 5.11 Å². The molecule has 19 heavy (non-hydrogen) atoms.